The molecule has 1 N–H and O–H groups in total. The number of nitriles is 1. The first kappa shape index (κ1) is 18.0. The highest BCUT2D eigenvalue weighted by molar-refractivity contribution is 5.93. The summed E-state index contributed by atoms with van der Waals surface area (Å²) in [6.07, 6.45) is 3.27. The Morgan fingerprint density at radius 2 is 1.92 bits per heavy atom. The number of carbonyl (C=O) groups is 2. The predicted octanol–water partition coefficient (Wildman–Crippen LogP) is 3.19. The lowest BCUT2D eigenvalue weighted by atomic mass is 9.83. The Morgan fingerprint density at radius 3 is 2.54 bits per heavy atom. The number of aryl methyl sites for hydroxylation is 1. The highest BCUT2D eigenvalue weighted by Crippen LogP contribution is 2.27. The van der Waals surface area contributed by atoms with Gasteiger partial charge in [0.1, 0.15) is 5.54 Å². The van der Waals surface area contributed by atoms with E-state index >= 15 is 0 Å². The van der Waals surface area contributed by atoms with Crippen LogP contribution in [0.3, 0.4) is 0 Å². The van der Waals surface area contributed by atoms with E-state index in [1.54, 1.807) is 12.1 Å². The molecule has 0 aromatic heterocycles. The summed E-state index contributed by atoms with van der Waals surface area (Å²) in [6.45, 7) is 5.30. The third kappa shape index (κ3) is 3.94. The SMILES string of the molecule is Cc1cccc(C(=O)O[C@H](C)C(=O)NC2(C#N)CCCCC2)c1C. The number of esters is 1. The monoisotopic (exact) mass is 328 g/mol. The van der Waals surface area contributed by atoms with Crippen molar-refractivity contribution in [2.24, 2.45) is 0 Å². The molecule has 0 saturated heterocycles. The van der Waals surface area contributed by atoms with Crippen molar-refractivity contribution in [1.82, 2.24) is 5.32 Å². The molecule has 0 radical (unpaired) electrons. The first-order valence-corrected chi connectivity index (χ1v) is 8.39. The highest BCUT2D eigenvalue weighted by Gasteiger charge is 2.35. The molecule has 1 fully saturated rings. The third-order valence-electron chi connectivity index (χ3n) is 4.76. The standard InChI is InChI=1S/C19H24N2O3/c1-13-8-7-9-16(14(13)2)18(23)24-15(3)17(22)21-19(12-20)10-5-4-6-11-19/h7-9,15H,4-6,10-11H2,1-3H3,(H,21,22)/t15-/m1/s1. The van der Waals surface area contributed by atoms with E-state index in [1.165, 1.54) is 6.92 Å². The summed E-state index contributed by atoms with van der Waals surface area (Å²) in [5, 5.41) is 12.2. The van der Waals surface area contributed by atoms with E-state index in [2.05, 4.69) is 11.4 Å². The maximum Gasteiger partial charge on any atom is 0.339 e. The smallest absolute Gasteiger partial charge is 0.339 e. The van der Waals surface area contributed by atoms with Crippen LogP contribution in [0, 0.1) is 25.2 Å². The fraction of sp³-hybridized carbons (Fsp3) is 0.526. The van der Waals surface area contributed by atoms with Gasteiger partial charge in [-0.25, -0.2) is 4.79 Å². The molecule has 5 heteroatoms. The summed E-state index contributed by atoms with van der Waals surface area (Å²) in [5.74, 6) is -0.939. The van der Waals surface area contributed by atoms with Gasteiger partial charge in [0, 0.05) is 0 Å². The fourth-order valence-electron chi connectivity index (χ4n) is 3.01. The number of amides is 1. The van der Waals surface area contributed by atoms with Gasteiger partial charge in [-0.05, 0) is 50.8 Å². The molecule has 128 valence electrons. The summed E-state index contributed by atoms with van der Waals surface area (Å²) in [7, 11) is 0. The van der Waals surface area contributed by atoms with Crippen molar-refractivity contribution in [3.8, 4) is 6.07 Å². The van der Waals surface area contributed by atoms with Gasteiger partial charge in [0.25, 0.3) is 5.91 Å². The quantitative estimate of drug-likeness (QED) is 0.861. The molecular weight excluding hydrogens is 304 g/mol. The van der Waals surface area contributed by atoms with Crippen LogP contribution >= 0.6 is 0 Å². The number of carbonyl (C=O) groups excluding carboxylic acids is 2. The molecule has 0 bridgehead atoms. The highest BCUT2D eigenvalue weighted by atomic mass is 16.5. The minimum Gasteiger partial charge on any atom is -0.449 e. The molecule has 0 spiro atoms. The Labute approximate surface area is 143 Å². The summed E-state index contributed by atoms with van der Waals surface area (Å²) in [5.41, 5.74) is 1.47. The van der Waals surface area contributed by atoms with Gasteiger partial charge in [0.2, 0.25) is 0 Å². The number of hydrogen-bond donors (Lipinski definition) is 1. The summed E-state index contributed by atoms with van der Waals surface area (Å²) >= 11 is 0. The lowest BCUT2D eigenvalue weighted by Gasteiger charge is -2.32. The Balaban J connectivity index is 2.02. The molecule has 1 atom stereocenters. The molecule has 0 aliphatic heterocycles. The maximum atomic E-state index is 12.4. The van der Waals surface area contributed by atoms with Crippen LogP contribution < -0.4 is 5.32 Å². The molecule has 5 nitrogen and oxygen atoms in total. The van der Waals surface area contributed by atoms with Crippen LogP contribution in [0.1, 0.15) is 60.5 Å². The van der Waals surface area contributed by atoms with Crippen molar-refractivity contribution in [3.05, 3.63) is 34.9 Å². The number of nitrogens with one attached hydrogen (secondary N) is 1. The van der Waals surface area contributed by atoms with Crippen LogP contribution in [-0.4, -0.2) is 23.5 Å². The zero-order valence-electron chi connectivity index (χ0n) is 14.5. The minimum absolute atomic E-state index is 0.419. The molecule has 1 saturated carbocycles. The van der Waals surface area contributed by atoms with Crippen molar-refractivity contribution >= 4 is 11.9 Å². The Morgan fingerprint density at radius 1 is 1.25 bits per heavy atom. The number of nitrogens with zero attached hydrogens (tertiary/aromatic N) is 1. The third-order valence-corrected chi connectivity index (χ3v) is 4.76. The number of benzene rings is 1. The molecule has 0 heterocycles. The van der Waals surface area contributed by atoms with Crippen molar-refractivity contribution in [2.75, 3.05) is 0 Å². The van der Waals surface area contributed by atoms with Crippen molar-refractivity contribution in [2.45, 2.75) is 64.5 Å². The minimum atomic E-state index is -0.940. The first-order valence-electron chi connectivity index (χ1n) is 8.39. The zero-order valence-corrected chi connectivity index (χ0v) is 14.5. The maximum absolute atomic E-state index is 12.4. The molecule has 1 amide bonds. The van der Waals surface area contributed by atoms with Gasteiger partial charge in [0.05, 0.1) is 11.6 Å². The molecule has 1 aromatic rings. The lowest BCUT2D eigenvalue weighted by molar-refractivity contribution is -0.130. The topological polar surface area (TPSA) is 79.2 Å². The molecule has 1 aliphatic rings. The normalized spacial score (nSPS) is 17.4. The van der Waals surface area contributed by atoms with Gasteiger partial charge in [-0.3, -0.25) is 4.79 Å². The molecule has 1 aliphatic carbocycles. The van der Waals surface area contributed by atoms with E-state index in [1.807, 2.05) is 19.9 Å². The average Bonchev–Trinajstić information content (AvgIpc) is 2.58. The van der Waals surface area contributed by atoms with Gasteiger partial charge in [0.15, 0.2) is 6.10 Å². The second kappa shape index (κ2) is 7.48. The van der Waals surface area contributed by atoms with Crippen molar-refractivity contribution in [3.63, 3.8) is 0 Å². The van der Waals surface area contributed by atoms with Crippen LogP contribution in [0.15, 0.2) is 18.2 Å². The Kier molecular flexibility index (Phi) is 5.61. The number of hydrogen-bond acceptors (Lipinski definition) is 4. The summed E-state index contributed by atoms with van der Waals surface area (Å²) in [4.78, 5) is 24.7. The van der Waals surface area contributed by atoms with E-state index < -0.39 is 23.5 Å². The molecule has 2 rings (SSSR count). The van der Waals surface area contributed by atoms with E-state index in [9.17, 15) is 14.9 Å². The second-order valence-electron chi connectivity index (χ2n) is 6.54. The number of rotatable bonds is 4. The average molecular weight is 328 g/mol. The summed E-state index contributed by atoms with van der Waals surface area (Å²) in [6, 6.07) is 7.63. The predicted molar refractivity (Wildman–Crippen MR) is 90.4 cm³/mol. The first-order chi connectivity index (χ1) is 11.4. The van der Waals surface area contributed by atoms with Crippen LogP contribution in [0.5, 0.6) is 0 Å². The molecule has 24 heavy (non-hydrogen) atoms. The van der Waals surface area contributed by atoms with E-state index in [-0.39, 0.29) is 0 Å². The molecular formula is C19H24N2O3. The van der Waals surface area contributed by atoms with E-state index in [4.69, 9.17) is 4.74 Å². The van der Waals surface area contributed by atoms with Gasteiger partial charge < -0.3 is 10.1 Å². The van der Waals surface area contributed by atoms with Gasteiger partial charge in [-0.2, -0.15) is 5.26 Å². The van der Waals surface area contributed by atoms with Crippen LogP contribution in [-0.2, 0) is 9.53 Å². The molecule has 0 unspecified atom stereocenters. The molecule has 1 aromatic carbocycles. The Hall–Kier alpha value is -2.35. The van der Waals surface area contributed by atoms with E-state index in [0.717, 1.165) is 30.4 Å². The Bertz CT molecular complexity index is 670. The van der Waals surface area contributed by atoms with Crippen LogP contribution in [0.2, 0.25) is 0 Å². The lowest BCUT2D eigenvalue weighted by Crippen LogP contribution is -2.52. The van der Waals surface area contributed by atoms with Crippen LogP contribution in [0.4, 0.5) is 0 Å². The van der Waals surface area contributed by atoms with E-state index in [0.29, 0.717) is 18.4 Å². The van der Waals surface area contributed by atoms with Crippen LogP contribution in [0.25, 0.3) is 0 Å². The fourth-order valence-corrected chi connectivity index (χ4v) is 3.01. The van der Waals surface area contributed by atoms with Gasteiger partial charge in [-0.15, -0.1) is 0 Å². The summed E-state index contributed by atoms with van der Waals surface area (Å²) < 4.78 is 5.30. The zero-order chi connectivity index (χ0) is 17.7. The van der Waals surface area contributed by atoms with Gasteiger partial charge >= 0.3 is 5.97 Å². The van der Waals surface area contributed by atoms with Gasteiger partial charge in [-0.1, -0.05) is 31.4 Å². The van der Waals surface area contributed by atoms with Crippen molar-refractivity contribution < 1.29 is 14.3 Å². The largest absolute Gasteiger partial charge is 0.449 e. The van der Waals surface area contributed by atoms with Crippen molar-refractivity contribution in [1.29, 1.82) is 5.26 Å². The number of ether oxygens (including phenoxy) is 1. The second-order valence-corrected chi connectivity index (χ2v) is 6.54.